The van der Waals surface area contributed by atoms with Gasteiger partial charge < -0.3 is 15.2 Å². The van der Waals surface area contributed by atoms with Crippen molar-refractivity contribution in [2.45, 2.75) is 20.0 Å². The number of aryl methyl sites for hydroxylation is 2. The second-order valence-corrected chi connectivity index (χ2v) is 8.80. The highest BCUT2D eigenvalue weighted by Gasteiger charge is 2.31. The van der Waals surface area contributed by atoms with Crippen LogP contribution in [0.4, 0.5) is 30.5 Å². The number of pyridine rings is 1. The average Bonchev–Trinajstić information content (AvgIpc) is 3.36. The summed E-state index contributed by atoms with van der Waals surface area (Å²) in [5, 5.41) is 5.72. The molecule has 0 bridgehead atoms. The van der Waals surface area contributed by atoms with Crippen molar-refractivity contribution >= 4 is 23.2 Å². The SMILES string of the molecule is Cc1cn(-c2cc(NC(=O)c3ccc(C)c(Nc4nccc(-c5ccncc5)n4)c3)cc(C(F)(F)F)c2)cn1. The highest BCUT2D eigenvalue weighted by atomic mass is 19.4. The van der Waals surface area contributed by atoms with Crippen molar-refractivity contribution < 1.29 is 18.0 Å². The van der Waals surface area contributed by atoms with Crippen LogP contribution in [0.2, 0.25) is 0 Å². The molecule has 3 aromatic heterocycles. The number of hydrogen-bond acceptors (Lipinski definition) is 6. The van der Waals surface area contributed by atoms with Crippen LogP contribution >= 0.6 is 0 Å². The van der Waals surface area contributed by atoms with Crippen molar-refractivity contribution in [1.82, 2.24) is 24.5 Å². The maximum absolute atomic E-state index is 13.6. The Morgan fingerprint density at radius 2 is 1.72 bits per heavy atom. The van der Waals surface area contributed by atoms with Gasteiger partial charge >= 0.3 is 6.18 Å². The molecule has 11 heteroatoms. The van der Waals surface area contributed by atoms with Gasteiger partial charge in [-0.3, -0.25) is 9.78 Å². The van der Waals surface area contributed by atoms with Crippen molar-refractivity contribution in [3.63, 3.8) is 0 Å². The number of anilines is 3. The van der Waals surface area contributed by atoms with Gasteiger partial charge in [0.2, 0.25) is 5.95 Å². The molecule has 2 N–H and O–H groups in total. The van der Waals surface area contributed by atoms with Crippen molar-refractivity contribution in [3.05, 3.63) is 108 Å². The van der Waals surface area contributed by atoms with Crippen LogP contribution in [-0.2, 0) is 6.18 Å². The molecule has 3 heterocycles. The summed E-state index contributed by atoms with van der Waals surface area (Å²) in [7, 11) is 0. The molecule has 5 aromatic rings. The highest BCUT2D eigenvalue weighted by Crippen LogP contribution is 2.33. The van der Waals surface area contributed by atoms with Crippen LogP contribution in [0, 0.1) is 13.8 Å². The summed E-state index contributed by atoms with van der Waals surface area (Å²) in [6.45, 7) is 3.58. The second-order valence-electron chi connectivity index (χ2n) is 8.80. The third-order valence-electron chi connectivity index (χ3n) is 5.89. The predicted molar refractivity (Wildman–Crippen MR) is 141 cm³/mol. The Morgan fingerprint density at radius 3 is 2.44 bits per heavy atom. The van der Waals surface area contributed by atoms with E-state index in [1.54, 1.807) is 56.0 Å². The van der Waals surface area contributed by atoms with Crippen LogP contribution in [0.3, 0.4) is 0 Å². The van der Waals surface area contributed by atoms with E-state index in [1.807, 2.05) is 19.1 Å². The predicted octanol–water partition coefficient (Wildman–Crippen LogP) is 6.36. The van der Waals surface area contributed by atoms with Crippen LogP contribution in [0.15, 0.2) is 85.7 Å². The van der Waals surface area contributed by atoms with Gasteiger partial charge in [-0.15, -0.1) is 0 Å². The lowest BCUT2D eigenvalue weighted by atomic mass is 10.1. The molecule has 0 fully saturated rings. The lowest BCUT2D eigenvalue weighted by Crippen LogP contribution is -2.14. The first-order valence-electron chi connectivity index (χ1n) is 11.8. The van der Waals surface area contributed by atoms with Crippen LogP contribution in [0.25, 0.3) is 16.9 Å². The lowest BCUT2D eigenvalue weighted by molar-refractivity contribution is -0.137. The second kappa shape index (κ2) is 10.4. The first-order valence-corrected chi connectivity index (χ1v) is 11.8. The number of halogens is 3. The third-order valence-corrected chi connectivity index (χ3v) is 5.89. The van der Waals surface area contributed by atoms with E-state index in [9.17, 15) is 18.0 Å². The molecule has 0 spiro atoms. The van der Waals surface area contributed by atoms with Crippen LogP contribution < -0.4 is 10.6 Å². The molecule has 2 aromatic carbocycles. The summed E-state index contributed by atoms with van der Waals surface area (Å²) in [4.78, 5) is 30.0. The zero-order valence-corrected chi connectivity index (χ0v) is 20.9. The Labute approximate surface area is 221 Å². The molecule has 0 aliphatic heterocycles. The molecule has 0 unspecified atom stereocenters. The van der Waals surface area contributed by atoms with Gasteiger partial charge in [0.25, 0.3) is 5.91 Å². The number of aromatic nitrogens is 5. The van der Waals surface area contributed by atoms with Gasteiger partial charge in [-0.2, -0.15) is 13.2 Å². The number of nitrogens with one attached hydrogen (secondary N) is 2. The number of amides is 1. The van der Waals surface area contributed by atoms with Gasteiger partial charge in [0.1, 0.15) is 0 Å². The Bertz CT molecular complexity index is 1650. The smallest absolute Gasteiger partial charge is 0.324 e. The molecular weight excluding hydrogens is 507 g/mol. The van der Waals surface area contributed by atoms with Crippen molar-refractivity contribution in [3.8, 4) is 16.9 Å². The van der Waals surface area contributed by atoms with E-state index in [0.717, 1.165) is 23.3 Å². The summed E-state index contributed by atoms with van der Waals surface area (Å²) < 4.78 is 42.3. The van der Waals surface area contributed by atoms with E-state index in [2.05, 4.69) is 30.6 Å². The van der Waals surface area contributed by atoms with E-state index in [1.165, 1.54) is 17.0 Å². The third kappa shape index (κ3) is 5.93. The Kier molecular flexibility index (Phi) is 6.80. The van der Waals surface area contributed by atoms with Gasteiger partial charge in [0.05, 0.1) is 23.3 Å². The average molecular weight is 530 g/mol. The number of hydrogen-bond donors (Lipinski definition) is 2. The molecule has 1 amide bonds. The number of nitrogens with zero attached hydrogens (tertiary/aromatic N) is 5. The first-order chi connectivity index (χ1) is 18.7. The van der Waals surface area contributed by atoms with Crippen molar-refractivity contribution in [2.24, 2.45) is 0 Å². The van der Waals surface area contributed by atoms with Gasteiger partial charge in [0.15, 0.2) is 0 Å². The van der Waals surface area contributed by atoms with Crippen LogP contribution in [0.5, 0.6) is 0 Å². The molecule has 196 valence electrons. The standard InChI is InChI=1S/C28H22F3N7O/c1-17-3-4-20(11-25(17)37-27-33-10-7-24(36-27)19-5-8-32-9-6-19)26(39)35-22-12-21(28(29,30)31)13-23(14-22)38-15-18(2)34-16-38/h3-16H,1-2H3,(H,35,39)(H,33,36,37). The van der Waals surface area contributed by atoms with E-state index < -0.39 is 17.6 Å². The first kappa shape index (κ1) is 25.6. The fourth-order valence-corrected chi connectivity index (χ4v) is 3.88. The zero-order valence-electron chi connectivity index (χ0n) is 20.9. The zero-order chi connectivity index (χ0) is 27.6. The monoisotopic (exact) mass is 529 g/mol. The summed E-state index contributed by atoms with van der Waals surface area (Å²) in [6, 6.07) is 13.7. The minimum atomic E-state index is -4.60. The van der Waals surface area contributed by atoms with Gasteiger partial charge in [-0.1, -0.05) is 6.07 Å². The van der Waals surface area contributed by atoms with E-state index in [-0.39, 0.29) is 16.9 Å². The summed E-state index contributed by atoms with van der Waals surface area (Å²) >= 11 is 0. The number of benzene rings is 2. The normalized spacial score (nSPS) is 11.3. The lowest BCUT2D eigenvalue weighted by Gasteiger charge is -2.14. The van der Waals surface area contributed by atoms with Gasteiger partial charge in [-0.05, 0) is 67.9 Å². The van der Waals surface area contributed by atoms with Crippen molar-refractivity contribution in [1.29, 1.82) is 0 Å². The largest absolute Gasteiger partial charge is 0.416 e. The van der Waals surface area contributed by atoms with Crippen LogP contribution in [0.1, 0.15) is 27.2 Å². The molecule has 0 atom stereocenters. The molecule has 39 heavy (non-hydrogen) atoms. The summed E-state index contributed by atoms with van der Waals surface area (Å²) in [6.07, 6.45) is 3.37. The quantitative estimate of drug-likeness (QED) is 0.266. The van der Waals surface area contributed by atoms with Crippen LogP contribution in [-0.4, -0.2) is 30.4 Å². The number of rotatable bonds is 6. The number of imidazole rings is 1. The minimum Gasteiger partial charge on any atom is -0.324 e. The van der Waals surface area contributed by atoms with E-state index in [4.69, 9.17) is 0 Å². The van der Waals surface area contributed by atoms with Gasteiger partial charge in [0, 0.05) is 53.0 Å². The molecule has 5 rings (SSSR count). The fourth-order valence-electron chi connectivity index (χ4n) is 3.88. The number of carbonyl (C=O) groups is 1. The highest BCUT2D eigenvalue weighted by molar-refractivity contribution is 6.05. The molecule has 0 aliphatic rings. The number of alkyl halides is 3. The molecule has 0 radical (unpaired) electrons. The maximum Gasteiger partial charge on any atom is 0.416 e. The van der Waals surface area contributed by atoms with Crippen molar-refractivity contribution in [2.75, 3.05) is 10.6 Å². The molecule has 0 saturated heterocycles. The fraction of sp³-hybridized carbons (Fsp3) is 0.107. The minimum absolute atomic E-state index is 0.000326. The van der Waals surface area contributed by atoms with E-state index >= 15 is 0 Å². The van der Waals surface area contributed by atoms with E-state index in [0.29, 0.717) is 23.0 Å². The topological polar surface area (TPSA) is 97.6 Å². The molecule has 8 nitrogen and oxygen atoms in total. The Hall–Kier alpha value is -5.06. The summed E-state index contributed by atoms with van der Waals surface area (Å²) in [5.74, 6) is -0.250. The van der Waals surface area contributed by atoms with Gasteiger partial charge in [-0.25, -0.2) is 15.0 Å². The summed E-state index contributed by atoms with van der Waals surface area (Å²) in [5.41, 5.74) is 3.17. The Balaban J connectivity index is 1.41. The molecular formula is C28H22F3N7O. The molecule has 0 aliphatic carbocycles. The Morgan fingerprint density at radius 1 is 0.923 bits per heavy atom. The maximum atomic E-state index is 13.6. The molecule has 0 saturated carbocycles. The number of carbonyl (C=O) groups excluding carboxylic acids is 1.